The van der Waals surface area contributed by atoms with Crippen molar-refractivity contribution in [1.29, 1.82) is 0 Å². The van der Waals surface area contributed by atoms with E-state index in [0.717, 1.165) is 31.7 Å². The molecular formula is C15H22N4O3S. The highest BCUT2D eigenvalue weighted by molar-refractivity contribution is 7.13. The van der Waals surface area contributed by atoms with Crippen molar-refractivity contribution in [3.63, 3.8) is 0 Å². The summed E-state index contributed by atoms with van der Waals surface area (Å²) in [6.07, 6.45) is 1.95. The Labute approximate surface area is 139 Å². The van der Waals surface area contributed by atoms with Crippen LogP contribution in [0.5, 0.6) is 0 Å². The molecule has 0 unspecified atom stereocenters. The summed E-state index contributed by atoms with van der Waals surface area (Å²) in [7, 11) is 0. The fraction of sp³-hybridized carbons (Fsp3) is 0.667. The second kappa shape index (κ2) is 7.27. The minimum Gasteiger partial charge on any atom is -0.381 e. The average molecular weight is 338 g/mol. The number of ether oxygens (including phenoxy) is 1. The van der Waals surface area contributed by atoms with Gasteiger partial charge in [-0.05, 0) is 19.8 Å². The van der Waals surface area contributed by atoms with E-state index in [1.165, 1.54) is 11.3 Å². The van der Waals surface area contributed by atoms with Gasteiger partial charge in [-0.2, -0.15) is 0 Å². The Morgan fingerprint density at radius 2 is 2.22 bits per heavy atom. The molecule has 2 aliphatic heterocycles. The third-order valence-corrected chi connectivity index (χ3v) is 5.14. The molecule has 0 aromatic carbocycles. The van der Waals surface area contributed by atoms with Crippen LogP contribution in [0.1, 0.15) is 31.4 Å². The third kappa shape index (κ3) is 3.81. The number of urea groups is 1. The predicted octanol–water partition coefficient (Wildman–Crippen LogP) is 1.73. The highest BCUT2D eigenvalue weighted by Gasteiger charge is 2.27. The van der Waals surface area contributed by atoms with Crippen LogP contribution in [0, 0.1) is 0 Å². The maximum absolute atomic E-state index is 12.3. The summed E-state index contributed by atoms with van der Waals surface area (Å²) in [4.78, 5) is 32.0. The molecule has 1 aromatic rings. The van der Waals surface area contributed by atoms with Crippen molar-refractivity contribution in [2.45, 2.75) is 25.7 Å². The lowest BCUT2D eigenvalue weighted by Crippen LogP contribution is -2.53. The number of carbonyl (C=O) groups excluding carboxylic acids is 2. The molecule has 3 rings (SSSR count). The van der Waals surface area contributed by atoms with Crippen molar-refractivity contribution < 1.29 is 14.3 Å². The van der Waals surface area contributed by atoms with Gasteiger partial charge in [-0.25, -0.2) is 9.78 Å². The van der Waals surface area contributed by atoms with E-state index in [0.29, 0.717) is 30.7 Å². The first kappa shape index (κ1) is 16.2. The normalized spacial score (nSPS) is 20.0. The van der Waals surface area contributed by atoms with Gasteiger partial charge >= 0.3 is 6.03 Å². The topological polar surface area (TPSA) is 74.8 Å². The first-order valence-corrected chi connectivity index (χ1v) is 8.92. The molecule has 2 aliphatic rings. The molecule has 7 nitrogen and oxygen atoms in total. The predicted molar refractivity (Wildman–Crippen MR) is 87.8 cm³/mol. The number of rotatable bonds is 3. The quantitative estimate of drug-likeness (QED) is 0.911. The Kier molecular flexibility index (Phi) is 5.12. The van der Waals surface area contributed by atoms with Gasteiger partial charge in [0.1, 0.15) is 6.54 Å². The summed E-state index contributed by atoms with van der Waals surface area (Å²) < 4.78 is 5.36. The zero-order valence-electron chi connectivity index (χ0n) is 13.3. The number of nitrogens with one attached hydrogen (secondary N) is 1. The molecule has 0 atom stereocenters. The summed E-state index contributed by atoms with van der Waals surface area (Å²) in [6.45, 7) is 5.47. The van der Waals surface area contributed by atoms with Crippen molar-refractivity contribution in [1.82, 2.24) is 14.8 Å². The first-order valence-electron chi connectivity index (χ1n) is 8.04. The van der Waals surface area contributed by atoms with E-state index in [1.807, 2.05) is 12.3 Å². The molecule has 0 saturated carbocycles. The van der Waals surface area contributed by atoms with Crippen molar-refractivity contribution in [3.8, 4) is 0 Å². The van der Waals surface area contributed by atoms with E-state index >= 15 is 0 Å². The molecule has 0 aliphatic carbocycles. The Morgan fingerprint density at radius 1 is 1.43 bits per heavy atom. The molecule has 2 fully saturated rings. The number of nitrogens with zero attached hydrogens (tertiary/aromatic N) is 3. The van der Waals surface area contributed by atoms with Gasteiger partial charge in [-0.15, -0.1) is 11.3 Å². The van der Waals surface area contributed by atoms with Gasteiger partial charge in [0.2, 0.25) is 5.91 Å². The van der Waals surface area contributed by atoms with Gasteiger partial charge in [-0.1, -0.05) is 0 Å². The summed E-state index contributed by atoms with van der Waals surface area (Å²) in [5.74, 6) is 0.413. The number of aromatic nitrogens is 1. The van der Waals surface area contributed by atoms with E-state index in [4.69, 9.17) is 4.74 Å². The molecule has 0 bridgehead atoms. The monoisotopic (exact) mass is 338 g/mol. The van der Waals surface area contributed by atoms with Gasteiger partial charge < -0.3 is 14.5 Å². The van der Waals surface area contributed by atoms with Crippen LogP contribution in [0.15, 0.2) is 5.38 Å². The SMILES string of the molecule is CCN1CCN(C(=O)Nc2nc(C3CCOCC3)cs2)CC1=O. The van der Waals surface area contributed by atoms with E-state index in [2.05, 4.69) is 10.3 Å². The van der Waals surface area contributed by atoms with E-state index in [1.54, 1.807) is 9.80 Å². The van der Waals surface area contributed by atoms with Crippen molar-refractivity contribution >= 4 is 28.4 Å². The minimum absolute atomic E-state index is 0.00377. The molecule has 1 N–H and O–H groups in total. The number of amides is 3. The molecule has 23 heavy (non-hydrogen) atoms. The van der Waals surface area contributed by atoms with E-state index in [9.17, 15) is 9.59 Å². The smallest absolute Gasteiger partial charge is 0.324 e. The Bertz CT molecular complexity index is 571. The van der Waals surface area contributed by atoms with Crippen LogP contribution < -0.4 is 5.32 Å². The zero-order chi connectivity index (χ0) is 16.2. The fourth-order valence-electron chi connectivity index (χ4n) is 2.91. The molecular weight excluding hydrogens is 316 g/mol. The second-order valence-corrected chi connectivity index (χ2v) is 6.65. The van der Waals surface area contributed by atoms with Gasteiger partial charge in [0.15, 0.2) is 5.13 Å². The van der Waals surface area contributed by atoms with Crippen molar-refractivity contribution in [3.05, 3.63) is 11.1 Å². The molecule has 126 valence electrons. The lowest BCUT2D eigenvalue weighted by Gasteiger charge is -2.33. The molecule has 1 aromatic heterocycles. The van der Waals surface area contributed by atoms with E-state index in [-0.39, 0.29) is 18.5 Å². The maximum Gasteiger partial charge on any atom is 0.324 e. The summed E-state index contributed by atoms with van der Waals surface area (Å²) in [5.41, 5.74) is 1.03. The molecule has 3 heterocycles. The zero-order valence-corrected chi connectivity index (χ0v) is 14.1. The van der Waals surface area contributed by atoms with Crippen LogP contribution in [-0.4, -0.2) is 66.1 Å². The standard InChI is InChI=1S/C15H22N4O3S/c1-2-18-5-6-19(9-13(18)20)15(21)17-14-16-12(10-23-14)11-3-7-22-8-4-11/h10-11H,2-9H2,1H3,(H,16,17,21). The summed E-state index contributed by atoms with van der Waals surface area (Å²) in [5, 5.41) is 5.42. The number of carbonyl (C=O) groups is 2. The number of likely N-dealkylation sites (N-methyl/N-ethyl adjacent to an activating group) is 1. The van der Waals surface area contributed by atoms with Crippen LogP contribution in [0.4, 0.5) is 9.93 Å². The summed E-state index contributed by atoms with van der Waals surface area (Å²) >= 11 is 1.44. The molecule has 0 radical (unpaired) electrons. The number of piperazine rings is 1. The van der Waals surface area contributed by atoms with Gasteiger partial charge in [0.25, 0.3) is 0 Å². The number of anilines is 1. The van der Waals surface area contributed by atoms with Crippen LogP contribution in [-0.2, 0) is 9.53 Å². The number of hydrogen-bond donors (Lipinski definition) is 1. The third-order valence-electron chi connectivity index (χ3n) is 4.36. The molecule has 0 spiro atoms. The van der Waals surface area contributed by atoms with Crippen molar-refractivity contribution in [2.24, 2.45) is 0 Å². The Morgan fingerprint density at radius 3 is 2.91 bits per heavy atom. The largest absolute Gasteiger partial charge is 0.381 e. The highest BCUT2D eigenvalue weighted by atomic mass is 32.1. The number of thiazole rings is 1. The Balaban J connectivity index is 1.56. The van der Waals surface area contributed by atoms with E-state index < -0.39 is 0 Å². The molecule has 3 amide bonds. The summed E-state index contributed by atoms with van der Waals surface area (Å²) in [6, 6.07) is -0.248. The van der Waals surface area contributed by atoms with Crippen LogP contribution >= 0.6 is 11.3 Å². The number of hydrogen-bond acceptors (Lipinski definition) is 5. The minimum atomic E-state index is -0.248. The van der Waals surface area contributed by atoms with Gasteiger partial charge in [0, 0.05) is 44.1 Å². The first-order chi connectivity index (χ1) is 11.2. The second-order valence-electron chi connectivity index (χ2n) is 5.79. The van der Waals surface area contributed by atoms with Gasteiger partial charge in [-0.3, -0.25) is 10.1 Å². The lowest BCUT2D eigenvalue weighted by atomic mass is 9.98. The average Bonchev–Trinajstić information content (AvgIpc) is 3.04. The van der Waals surface area contributed by atoms with Crippen LogP contribution in [0.2, 0.25) is 0 Å². The van der Waals surface area contributed by atoms with Gasteiger partial charge in [0.05, 0.1) is 5.69 Å². The van der Waals surface area contributed by atoms with Crippen LogP contribution in [0.25, 0.3) is 0 Å². The molecule has 8 heteroatoms. The molecule has 2 saturated heterocycles. The fourth-order valence-corrected chi connectivity index (χ4v) is 3.69. The maximum atomic E-state index is 12.3. The van der Waals surface area contributed by atoms with Crippen molar-refractivity contribution in [2.75, 3.05) is 44.7 Å². The highest BCUT2D eigenvalue weighted by Crippen LogP contribution is 2.29. The Hall–Kier alpha value is -1.67. The van der Waals surface area contributed by atoms with Crippen LogP contribution in [0.3, 0.4) is 0 Å². The lowest BCUT2D eigenvalue weighted by molar-refractivity contribution is -0.134.